The number of para-hydroxylation sites is 1. The lowest BCUT2D eigenvalue weighted by Gasteiger charge is -2.02. The third kappa shape index (κ3) is 1.63. The molecule has 1 heterocycles. The Morgan fingerprint density at radius 3 is 2.86 bits per heavy atom. The number of benzene rings is 1. The number of aryl methyl sites for hydroxylation is 1. The predicted molar refractivity (Wildman–Crippen MR) is 60.6 cm³/mol. The van der Waals surface area contributed by atoms with Crippen LogP contribution in [-0.4, -0.2) is 11.1 Å². The molecular formula is C11H13ClN2. The monoisotopic (exact) mass is 208 g/mol. The summed E-state index contributed by atoms with van der Waals surface area (Å²) < 4.78 is 2.16. The van der Waals surface area contributed by atoms with E-state index in [9.17, 15) is 0 Å². The molecule has 0 fully saturated rings. The number of nitrogens with zero attached hydrogens (tertiary/aromatic N) is 1. The lowest BCUT2D eigenvalue weighted by Crippen LogP contribution is -2.04. The van der Waals surface area contributed by atoms with Gasteiger partial charge in [-0.15, -0.1) is 0 Å². The van der Waals surface area contributed by atoms with Gasteiger partial charge in [0.15, 0.2) is 0 Å². The Labute approximate surface area is 88.3 Å². The van der Waals surface area contributed by atoms with Crippen LogP contribution in [0.25, 0.3) is 10.9 Å². The summed E-state index contributed by atoms with van der Waals surface area (Å²) in [4.78, 5) is 0. The van der Waals surface area contributed by atoms with Crippen LogP contribution in [0.5, 0.6) is 0 Å². The molecule has 2 N–H and O–H groups in total. The number of rotatable bonds is 3. The van der Waals surface area contributed by atoms with Crippen LogP contribution in [0, 0.1) is 0 Å². The number of aromatic nitrogens is 1. The van der Waals surface area contributed by atoms with E-state index in [4.69, 9.17) is 17.3 Å². The van der Waals surface area contributed by atoms with Crippen LogP contribution in [0.4, 0.5) is 0 Å². The van der Waals surface area contributed by atoms with Crippen LogP contribution in [0.2, 0.25) is 5.02 Å². The van der Waals surface area contributed by atoms with E-state index >= 15 is 0 Å². The molecule has 0 aliphatic carbocycles. The smallest absolute Gasteiger partial charge is 0.0661 e. The van der Waals surface area contributed by atoms with Crippen LogP contribution in [0.15, 0.2) is 30.5 Å². The number of nitrogens with two attached hydrogens (primary N) is 1. The van der Waals surface area contributed by atoms with Gasteiger partial charge in [-0.05, 0) is 19.0 Å². The molecule has 0 saturated heterocycles. The lowest BCUT2D eigenvalue weighted by atomic mass is 10.2. The molecule has 2 nitrogen and oxygen atoms in total. The van der Waals surface area contributed by atoms with E-state index in [-0.39, 0.29) is 0 Å². The summed E-state index contributed by atoms with van der Waals surface area (Å²) in [7, 11) is 0. The van der Waals surface area contributed by atoms with Crippen molar-refractivity contribution >= 4 is 22.5 Å². The molecule has 3 heteroatoms. The first-order chi connectivity index (χ1) is 6.83. The normalized spacial score (nSPS) is 11.0. The third-order valence-electron chi connectivity index (χ3n) is 2.34. The molecule has 74 valence electrons. The second kappa shape index (κ2) is 4.03. The van der Waals surface area contributed by atoms with Gasteiger partial charge in [-0.1, -0.05) is 29.8 Å². The minimum absolute atomic E-state index is 0.712. The standard InChI is InChI=1S/C11H13ClN2/c12-10-8-14(7-3-6-13)11-5-2-1-4-9(10)11/h1-2,4-5,8H,3,6-7,13H2. The fraction of sp³-hybridized carbons (Fsp3) is 0.273. The Morgan fingerprint density at radius 1 is 1.29 bits per heavy atom. The zero-order valence-corrected chi connectivity index (χ0v) is 8.67. The van der Waals surface area contributed by atoms with Crippen molar-refractivity contribution in [1.82, 2.24) is 4.57 Å². The molecule has 14 heavy (non-hydrogen) atoms. The molecule has 0 amide bonds. The van der Waals surface area contributed by atoms with Crippen LogP contribution in [0.3, 0.4) is 0 Å². The van der Waals surface area contributed by atoms with Gasteiger partial charge in [-0.25, -0.2) is 0 Å². The highest BCUT2D eigenvalue weighted by Gasteiger charge is 2.04. The summed E-state index contributed by atoms with van der Waals surface area (Å²) in [5, 5.41) is 1.93. The van der Waals surface area contributed by atoms with E-state index in [1.807, 2.05) is 24.4 Å². The number of hydrogen-bond acceptors (Lipinski definition) is 1. The van der Waals surface area contributed by atoms with Crippen molar-refractivity contribution in [3.8, 4) is 0 Å². The van der Waals surface area contributed by atoms with E-state index in [0.29, 0.717) is 6.54 Å². The summed E-state index contributed by atoms with van der Waals surface area (Å²) >= 11 is 6.10. The van der Waals surface area contributed by atoms with Crippen LogP contribution in [0.1, 0.15) is 6.42 Å². The van der Waals surface area contributed by atoms with Crippen LogP contribution >= 0.6 is 11.6 Å². The van der Waals surface area contributed by atoms with Crippen molar-refractivity contribution in [2.24, 2.45) is 5.73 Å². The second-order valence-electron chi connectivity index (χ2n) is 3.33. The van der Waals surface area contributed by atoms with Crippen LogP contribution in [-0.2, 0) is 6.54 Å². The van der Waals surface area contributed by atoms with E-state index < -0.39 is 0 Å². The first kappa shape index (κ1) is 9.56. The van der Waals surface area contributed by atoms with Gasteiger partial charge in [0.05, 0.1) is 5.02 Å². The molecule has 0 saturated carbocycles. The number of fused-ring (bicyclic) bond motifs is 1. The van der Waals surface area contributed by atoms with Gasteiger partial charge in [0.1, 0.15) is 0 Å². The molecule has 0 aliphatic rings. The topological polar surface area (TPSA) is 30.9 Å². The van der Waals surface area contributed by atoms with Gasteiger partial charge >= 0.3 is 0 Å². The molecule has 2 rings (SSSR count). The second-order valence-corrected chi connectivity index (χ2v) is 3.74. The fourth-order valence-electron chi connectivity index (χ4n) is 1.65. The zero-order chi connectivity index (χ0) is 9.97. The van der Waals surface area contributed by atoms with Gasteiger partial charge in [0.25, 0.3) is 0 Å². The molecule has 0 unspecified atom stereocenters. The van der Waals surface area contributed by atoms with E-state index in [0.717, 1.165) is 23.4 Å². The zero-order valence-electron chi connectivity index (χ0n) is 7.91. The Hall–Kier alpha value is -0.990. The molecule has 0 aliphatic heterocycles. The van der Waals surface area contributed by atoms with Crippen molar-refractivity contribution in [3.05, 3.63) is 35.5 Å². The minimum atomic E-state index is 0.712. The Balaban J connectivity index is 2.44. The van der Waals surface area contributed by atoms with Crippen molar-refractivity contribution in [1.29, 1.82) is 0 Å². The van der Waals surface area contributed by atoms with Crippen molar-refractivity contribution in [2.75, 3.05) is 6.54 Å². The van der Waals surface area contributed by atoms with Gasteiger partial charge in [-0.2, -0.15) is 0 Å². The largest absolute Gasteiger partial charge is 0.346 e. The van der Waals surface area contributed by atoms with Crippen molar-refractivity contribution in [2.45, 2.75) is 13.0 Å². The molecule has 1 aromatic heterocycles. The Kier molecular flexibility index (Phi) is 2.75. The van der Waals surface area contributed by atoms with Crippen molar-refractivity contribution < 1.29 is 0 Å². The lowest BCUT2D eigenvalue weighted by molar-refractivity contribution is 0.671. The van der Waals surface area contributed by atoms with E-state index in [1.165, 1.54) is 5.52 Å². The molecule has 1 aromatic carbocycles. The average Bonchev–Trinajstić information content (AvgIpc) is 2.54. The molecule has 0 spiro atoms. The Morgan fingerprint density at radius 2 is 2.07 bits per heavy atom. The van der Waals surface area contributed by atoms with Gasteiger partial charge in [-0.3, -0.25) is 0 Å². The maximum absolute atomic E-state index is 6.10. The third-order valence-corrected chi connectivity index (χ3v) is 2.64. The number of halogens is 1. The summed E-state index contributed by atoms with van der Waals surface area (Å²) in [6.07, 6.45) is 2.96. The van der Waals surface area contributed by atoms with Gasteiger partial charge in [0, 0.05) is 23.6 Å². The minimum Gasteiger partial charge on any atom is -0.346 e. The van der Waals surface area contributed by atoms with Gasteiger partial charge < -0.3 is 10.3 Å². The average molecular weight is 209 g/mol. The highest BCUT2D eigenvalue weighted by atomic mass is 35.5. The van der Waals surface area contributed by atoms with E-state index in [1.54, 1.807) is 0 Å². The van der Waals surface area contributed by atoms with Crippen molar-refractivity contribution in [3.63, 3.8) is 0 Å². The highest BCUT2D eigenvalue weighted by molar-refractivity contribution is 6.35. The van der Waals surface area contributed by atoms with Gasteiger partial charge in [0.2, 0.25) is 0 Å². The fourth-order valence-corrected chi connectivity index (χ4v) is 1.93. The molecule has 0 bridgehead atoms. The predicted octanol–water partition coefficient (Wildman–Crippen LogP) is 2.64. The Bertz CT molecular complexity index is 434. The summed E-state index contributed by atoms with van der Waals surface area (Å²) in [6.45, 7) is 1.65. The van der Waals surface area contributed by atoms with E-state index in [2.05, 4.69) is 10.6 Å². The molecular weight excluding hydrogens is 196 g/mol. The summed E-state index contributed by atoms with van der Waals surface area (Å²) in [6, 6.07) is 8.15. The molecule has 0 radical (unpaired) electrons. The first-order valence-corrected chi connectivity index (χ1v) is 5.14. The SMILES string of the molecule is NCCCn1cc(Cl)c2ccccc21. The quantitative estimate of drug-likeness (QED) is 0.826. The molecule has 2 aromatic rings. The molecule has 0 atom stereocenters. The van der Waals surface area contributed by atoms with Crippen LogP contribution < -0.4 is 5.73 Å². The maximum atomic E-state index is 6.10. The summed E-state index contributed by atoms with van der Waals surface area (Å²) in [5.41, 5.74) is 6.67. The maximum Gasteiger partial charge on any atom is 0.0661 e. The number of hydrogen-bond donors (Lipinski definition) is 1. The highest BCUT2D eigenvalue weighted by Crippen LogP contribution is 2.25. The summed E-state index contributed by atoms with van der Waals surface area (Å²) in [5.74, 6) is 0. The first-order valence-electron chi connectivity index (χ1n) is 4.76.